The summed E-state index contributed by atoms with van der Waals surface area (Å²) in [6.07, 6.45) is 0. The van der Waals surface area contributed by atoms with Crippen molar-refractivity contribution >= 4 is 13.7 Å². The van der Waals surface area contributed by atoms with Crippen LogP contribution in [0.25, 0.3) is 0 Å². The van der Waals surface area contributed by atoms with Gasteiger partial charge in [-0.3, -0.25) is 0 Å². The van der Waals surface area contributed by atoms with Crippen molar-refractivity contribution in [3.63, 3.8) is 0 Å². The molecule has 1 heterocycles. The average Bonchev–Trinajstić information content (AvgIpc) is 2.25. The number of nitrogens with one attached hydrogen (secondary N) is 1. The molecule has 0 aliphatic carbocycles. The molecule has 3 nitrogen and oxygen atoms in total. The molecule has 0 amide bonds. The molecule has 4 heteroatoms. The Morgan fingerprint density at radius 3 is 2.27 bits per heavy atom. The summed E-state index contributed by atoms with van der Waals surface area (Å²) in [5.74, 6) is 0. The third kappa shape index (κ3) is 2.66. The van der Waals surface area contributed by atoms with Crippen LogP contribution in [0.2, 0.25) is 6.55 Å². The van der Waals surface area contributed by atoms with E-state index in [0.29, 0.717) is 0 Å². The summed E-state index contributed by atoms with van der Waals surface area (Å²) in [6.45, 7) is 5.42. The Morgan fingerprint density at radius 2 is 1.67 bits per heavy atom. The highest BCUT2D eigenvalue weighted by Gasteiger charge is 2.34. The quantitative estimate of drug-likeness (QED) is 0.707. The van der Waals surface area contributed by atoms with Gasteiger partial charge in [0.1, 0.15) is 0 Å². The minimum absolute atomic E-state index is 0.734. The smallest absolute Gasteiger partial charge is 0.369 e. The lowest BCUT2D eigenvalue weighted by Crippen LogP contribution is -2.54. The summed E-state index contributed by atoms with van der Waals surface area (Å²) in [4.78, 5) is 0. The van der Waals surface area contributed by atoms with Crippen LogP contribution in [0.1, 0.15) is 0 Å². The molecule has 2 rings (SSSR count). The largest absolute Gasteiger partial charge is 0.390 e. The molecule has 1 saturated heterocycles. The highest BCUT2D eigenvalue weighted by atomic mass is 28.4. The van der Waals surface area contributed by atoms with Gasteiger partial charge in [0.15, 0.2) is 0 Å². The maximum absolute atomic E-state index is 5.91. The molecule has 1 N–H and O–H groups in total. The molecule has 1 aliphatic heterocycles. The first-order valence-electron chi connectivity index (χ1n) is 5.35. The minimum atomic E-state index is -2.14. The van der Waals surface area contributed by atoms with Crippen molar-refractivity contribution in [1.29, 1.82) is 0 Å². The molecule has 1 aliphatic rings. The lowest BCUT2D eigenvalue weighted by Gasteiger charge is -2.29. The monoisotopic (exact) mass is 223 g/mol. The van der Waals surface area contributed by atoms with E-state index < -0.39 is 8.56 Å². The van der Waals surface area contributed by atoms with Crippen molar-refractivity contribution in [2.75, 3.05) is 26.3 Å². The van der Waals surface area contributed by atoms with Crippen molar-refractivity contribution in [1.82, 2.24) is 5.32 Å². The standard InChI is InChI=1S/C11H17NO2Si/c1-15(11-5-3-2-4-6-11)13-9-7-12-8-10-14-15/h2-6,12H,7-10H2,1H3. The van der Waals surface area contributed by atoms with Gasteiger partial charge in [-0.05, 0) is 11.7 Å². The van der Waals surface area contributed by atoms with Gasteiger partial charge in [0.25, 0.3) is 0 Å². The number of hydrogen-bond donors (Lipinski definition) is 1. The van der Waals surface area contributed by atoms with Crippen LogP contribution in [-0.2, 0) is 8.85 Å². The molecule has 1 aromatic rings. The summed E-state index contributed by atoms with van der Waals surface area (Å²) in [6, 6.07) is 10.3. The fraction of sp³-hybridized carbons (Fsp3) is 0.455. The molecule has 82 valence electrons. The molecule has 0 unspecified atom stereocenters. The molecule has 15 heavy (non-hydrogen) atoms. The van der Waals surface area contributed by atoms with Crippen LogP contribution in [0.15, 0.2) is 30.3 Å². The van der Waals surface area contributed by atoms with E-state index in [4.69, 9.17) is 8.85 Å². The summed E-state index contributed by atoms with van der Waals surface area (Å²) in [7, 11) is -2.14. The van der Waals surface area contributed by atoms with Crippen molar-refractivity contribution in [3.8, 4) is 0 Å². The lowest BCUT2D eigenvalue weighted by atomic mass is 10.4. The Labute approximate surface area is 91.7 Å². The molecule has 0 saturated carbocycles. The Morgan fingerprint density at radius 1 is 1.07 bits per heavy atom. The molecule has 0 bridgehead atoms. The van der Waals surface area contributed by atoms with Crippen molar-refractivity contribution in [3.05, 3.63) is 30.3 Å². The normalized spacial score (nSPS) is 21.7. The van der Waals surface area contributed by atoms with E-state index in [-0.39, 0.29) is 0 Å². The lowest BCUT2D eigenvalue weighted by molar-refractivity contribution is 0.167. The fourth-order valence-corrected chi connectivity index (χ4v) is 3.91. The first kappa shape index (κ1) is 10.8. The fourth-order valence-electron chi connectivity index (χ4n) is 1.71. The van der Waals surface area contributed by atoms with E-state index in [9.17, 15) is 0 Å². The third-order valence-electron chi connectivity index (χ3n) is 2.61. The van der Waals surface area contributed by atoms with Crippen molar-refractivity contribution < 1.29 is 8.85 Å². The SMILES string of the molecule is C[Si]1(c2ccccc2)OCCNCCO1. The van der Waals surface area contributed by atoms with E-state index >= 15 is 0 Å². The Kier molecular flexibility index (Phi) is 3.53. The second kappa shape index (κ2) is 4.89. The van der Waals surface area contributed by atoms with Crippen LogP contribution in [-0.4, -0.2) is 34.9 Å². The van der Waals surface area contributed by atoms with E-state index in [1.807, 2.05) is 18.2 Å². The zero-order chi connectivity index (χ0) is 10.6. The Balaban J connectivity index is 2.15. The third-order valence-corrected chi connectivity index (χ3v) is 5.50. The predicted octanol–water partition coefficient (Wildman–Crippen LogP) is 0.602. The molecule has 0 spiro atoms. The zero-order valence-corrected chi connectivity index (χ0v) is 10.0. The average molecular weight is 223 g/mol. The second-order valence-corrected chi connectivity index (χ2v) is 6.80. The van der Waals surface area contributed by atoms with Gasteiger partial charge in [-0.15, -0.1) is 0 Å². The first-order valence-corrected chi connectivity index (χ1v) is 7.67. The van der Waals surface area contributed by atoms with Crippen LogP contribution >= 0.6 is 0 Å². The molecule has 0 atom stereocenters. The second-order valence-electron chi connectivity index (χ2n) is 3.76. The van der Waals surface area contributed by atoms with Gasteiger partial charge in [-0.25, -0.2) is 0 Å². The molecule has 0 aromatic heterocycles. The van der Waals surface area contributed by atoms with Gasteiger partial charge in [0.2, 0.25) is 0 Å². The predicted molar refractivity (Wildman–Crippen MR) is 62.5 cm³/mol. The highest BCUT2D eigenvalue weighted by Crippen LogP contribution is 2.08. The molecular formula is C11H17NO2Si. The summed E-state index contributed by atoms with van der Waals surface area (Å²) in [5, 5.41) is 4.46. The summed E-state index contributed by atoms with van der Waals surface area (Å²) in [5.41, 5.74) is 0. The van der Waals surface area contributed by atoms with E-state index in [0.717, 1.165) is 26.3 Å². The maximum atomic E-state index is 5.91. The number of rotatable bonds is 1. The van der Waals surface area contributed by atoms with Crippen LogP contribution in [0, 0.1) is 0 Å². The van der Waals surface area contributed by atoms with Crippen LogP contribution < -0.4 is 10.5 Å². The first-order chi connectivity index (χ1) is 7.31. The van der Waals surface area contributed by atoms with Gasteiger partial charge in [0.05, 0.1) is 0 Å². The van der Waals surface area contributed by atoms with Gasteiger partial charge >= 0.3 is 8.56 Å². The van der Waals surface area contributed by atoms with Crippen molar-refractivity contribution in [2.45, 2.75) is 6.55 Å². The highest BCUT2D eigenvalue weighted by molar-refractivity contribution is 6.79. The maximum Gasteiger partial charge on any atom is 0.369 e. The van der Waals surface area contributed by atoms with E-state index in [2.05, 4.69) is 24.0 Å². The van der Waals surface area contributed by atoms with Crippen LogP contribution in [0.3, 0.4) is 0 Å². The van der Waals surface area contributed by atoms with Gasteiger partial charge < -0.3 is 14.2 Å². The molecule has 1 fully saturated rings. The molecule has 1 aromatic carbocycles. The summed E-state index contributed by atoms with van der Waals surface area (Å²) < 4.78 is 11.8. The Bertz CT molecular complexity index is 297. The van der Waals surface area contributed by atoms with Gasteiger partial charge in [-0.1, -0.05) is 30.3 Å². The minimum Gasteiger partial charge on any atom is -0.390 e. The van der Waals surface area contributed by atoms with E-state index in [1.54, 1.807) is 0 Å². The van der Waals surface area contributed by atoms with Gasteiger partial charge in [-0.2, -0.15) is 0 Å². The summed E-state index contributed by atoms with van der Waals surface area (Å²) >= 11 is 0. The van der Waals surface area contributed by atoms with E-state index in [1.165, 1.54) is 5.19 Å². The molecule has 0 radical (unpaired) electrons. The van der Waals surface area contributed by atoms with Crippen molar-refractivity contribution in [2.24, 2.45) is 0 Å². The zero-order valence-electron chi connectivity index (χ0n) is 9.03. The van der Waals surface area contributed by atoms with Crippen LogP contribution in [0.5, 0.6) is 0 Å². The Hall–Kier alpha value is -0.683. The van der Waals surface area contributed by atoms with Crippen LogP contribution in [0.4, 0.5) is 0 Å². The molecular weight excluding hydrogens is 206 g/mol. The topological polar surface area (TPSA) is 30.5 Å². The number of hydrogen-bond acceptors (Lipinski definition) is 3. The number of benzene rings is 1. The van der Waals surface area contributed by atoms with Gasteiger partial charge in [0, 0.05) is 26.3 Å².